The summed E-state index contributed by atoms with van der Waals surface area (Å²) < 4.78 is 1.84. The number of aromatic nitrogens is 5. The zero-order valence-corrected chi connectivity index (χ0v) is 10.9. The van der Waals surface area contributed by atoms with Gasteiger partial charge in [0.2, 0.25) is 0 Å². The minimum absolute atomic E-state index is 0.750. The van der Waals surface area contributed by atoms with Crippen molar-refractivity contribution < 1.29 is 0 Å². The Kier molecular flexibility index (Phi) is 2.26. The minimum atomic E-state index is 0.750. The first-order chi connectivity index (χ1) is 9.81. The quantitative estimate of drug-likeness (QED) is 0.528. The Labute approximate surface area is 115 Å². The van der Waals surface area contributed by atoms with E-state index in [0.717, 1.165) is 33.5 Å². The SMILES string of the molecule is Cc1ncc2c(-c3cnc4ncccc4c3)ccn2n1. The van der Waals surface area contributed by atoms with Crippen LogP contribution in [0.2, 0.25) is 0 Å². The predicted octanol–water partition coefficient (Wildman–Crippen LogP) is 2.65. The van der Waals surface area contributed by atoms with Crippen LogP contribution in [0, 0.1) is 6.92 Å². The molecule has 96 valence electrons. The lowest BCUT2D eigenvalue weighted by Gasteiger charge is -2.02. The van der Waals surface area contributed by atoms with E-state index < -0.39 is 0 Å². The molecule has 0 fully saturated rings. The molecule has 0 unspecified atom stereocenters. The van der Waals surface area contributed by atoms with Crippen LogP contribution in [-0.4, -0.2) is 24.6 Å². The highest BCUT2D eigenvalue weighted by Crippen LogP contribution is 2.26. The molecule has 0 aliphatic carbocycles. The molecule has 0 aliphatic heterocycles. The summed E-state index contributed by atoms with van der Waals surface area (Å²) in [5.74, 6) is 0.750. The summed E-state index contributed by atoms with van der Waals surface area (Å²) in [6.45, 7) is 1.88. The second-order valence-corrected chi connectivity index (χ2v) is 4.64. The van der Waals surface area contributed by atoms with E-state index in [4.69, 9.17) is 0 Å². The lowest BCUT2D eigenvalue weighted by Crippen LogP contribution is -1.95. The molecule has 4 aromatic rings. The van der Waals surface area contributed by atoms with Crippen LogP contribution < -0.4 is 0 Å². The number of hydrogen-bond acceptors (Lipinski definition) is 4. The number of fused-ring (bicyclic) bond motifs is 2. The number of aryl methyl sites for hydroxylation is 1. The first kappa shape index (κ1) is 11.0. The molecule has 0 aliphatic rings. The molecule has 0 atom stereocenters. The van der Waals surface area contributed by atoms with E-state index in [0.29, 0.717) is 0 Å². The van der Waals surface area contributed by atoms with Crippen molar-refractivity contribution in [3.63, 3.8) is 0 Å². The van der Waals surface area contributed by atoms with Gasteiger partial charge in [-0.2, -0.15) is 5.10 Å². The lowest BCUT2D eigenvalue weighted by molar-refractivity contribution is 0.857. The smallest absolute Gasteiger partial charge is 0.159 e. The first-order valence-electron chi connectivity index (χ1n) is 6.33. The molecule has 4 rings (SSSR count). The number of nitrogens with zero attached hydrogens (tertiary/aromatic N) is 5. The molecule has 0 N–H and O–H groups in total. The largest absolute Gasteiger partial charge is 0.238 e. The normalized spacial score (nSPS) is 11.2. The molecule has 0 saturated heterocycles. The summed E-state index contributed by atoms with van der Waals surface area (Å²) in [4.78, 5) is 12.9. The molecule has 5 nitrogen and oxygen atoms in total. The van der Waals surface area contributed by atoms with Crippen LogP contribution >= 0.6 is 0 Å². The maximum Gasteiger partial charge on any atom is 0.159 e. The Bertz CT molecular complexity index is 926. The van der Waals surface area contributed by atoms with Gasteiger partial charge < -0.3 is 0 Å². The Morgan fingerprint density at radius 1 is 1.05 bits per heavy atom. The van der Waals surface area contributed by atoms with E-state index in [1.165, 1.54) is 0 Å². The van der Waals surface area contributed by atoms with Gasteiger partial charge in [-0.05, 0) is 31.2 Å². The van der Waals surface area contributed by atoms with Gasteiger partial charge >= 0.3 is 0 Å². The highest BCUT2D eigenvalue weighted by molar-refractivity contribution is 5.86. The van der Waals surface area contributed by atoms with Gasteiger partial charge in [-0.1, -0.05) is 0 Å². The molecule has 0 spiro atoms. The molecule has 0 amide bonds. The number of rotatable bonds is 1. The molecule has 20 heavy (non-hydrogen) atoms. The monoisotopic (exact) mass is 261 g/mol. The van der Waals surface area contributed by atoms with E-state index in [2.05, 4.69) is 26.1 Å². The molecule has 5 heteroatoms. The molecular weight excluding hydrogens is 250 g/mol. The van der Waals surface area contributed by atoms with E-state index in [9.17, 15) is 0 Å². The summed E-state index contributed by atoms with van der Waals surface area (Å²) in [5, 5.41) is 5.38. The third-order valence-electron chi connectivity index (χ3n) is 3.30. The fourth-order valence-corrected chi connectivity index (χ4v) is 2.34. The number of pyridine rings is 2. The maximum absolute atomic E-state index is 4.40. The lowest BCUT2D eigenvalue weighted by atomic mass is 10.1. The summed E-state index contributed by atoms with van der Waals surface area (Å²) in [6.07, 6.45) is 7.36. The molecule has 4 heterocycles. The van der Waals surface area contributed by atoms with Gasteiger partial charge in [-0.25, -0.2) is 19.5 Å². The summed E-state index contributed by atoms with van der Waals surface area (Å²) in [7, 11) is 0. The average molecular weight is 261 g/mol. The van der Waals surface area contributed by atoms with Crippen LogP contribution in [0.5, 0.6) is 0 Å². The first-order valence-corrected chi connectivity index (χ1v) is 6.33. The summed E-state index contributed by atoms with van der Waals surface area (Å²) in [6, 6.07) is 8.04. The van der Waals surface area contributed by atoms with Crippen molar-refractivity contribution in [2.45, 2.75) is 6.92 Å². The zero-order valence-electron chi connectivity index (χ0n) is 10.9. The second-order valence-electron chi connectivity index (χ2n) is 4.64. The molecule has 0 saturated carbocycles. The van der Waals surface area contributed by atoms with Crippen LogP contribution in [0.4, 0.5) is 0 Å². The van der Waals surface area contributed by atoms with Crippen molar-refractivity contribution >= 4 is 16.6 Å². The fourth-order valence-electron chi connectivity index (χ4n) is 2.34. The third-order valence-corrected chi connectivity index (χ3v) is 3.30. The average Bonchev–Trinajstić information content (AvgIpc) is 2.89. The van der Waals surface area contributed by atoms with Crippen molar-refractivity contribution in [1.29, 1.82) is 0 Å². The van der Waals surface area contributed by atoms with E-state index >= 15 is 0 Å². The van der Waals surface area contributed by atoms with Gasteiger partial charge in [-0.15, -0.1) is 0 Å². The summed E-state index contributed by atoms with van der Waals surface area (Å²) in [5.41, 5.74) is 3.84. The highest BCUT2D eigenvalue weighted by Gasteiger charge is 2.08. The molecule has 0 radical (unpaired) electrons. The Hall–Kier alpha value is -2.82. The predicted molar refractivity (Wildman–Crippen MR) is 76.3 cm³/mol. The molecular formula is C15H11N5. The van der Waals surface area contributed by atoms with Gasteiger partial charge in [0.1, 0.15) is 5.82 Å². The van der Waals surface area contributed by atoms with Crippen LogP contribution in [0.3, 0.4) is 0 Å². The second kappa shape index (κ2) is 4.09. The van der Waals surface area contributed by atoms with Gasteiger partial charge in [0.25, 0.3) is 0 Å². The van der Waals surface area contributed by atoms with Crippen molar-refractivity contribution in [2.75, 3.05) is 0 Å². The zero-order chi connectivity index (χ0) is 13.5. The third kappa shape index (κ3) is 1.64. The van der Waals surface area contributed by atoms with Crippen LogP contribution in [0.25, 0.3) is 27.7 Å². The van der Waals surface area contributed by atoms with E-state index in [1.807, 2.05) is 48.2 Å². The topological polar surface area (TPSA) is 56.0 Å². The summed E-state index contributed by atoms with van der Waals surface area (Å²) >= 11 is 0. The standard InChI is InChI=1S/C15H11N5/c1-10-17-9-14-13(4-6-20(14)19-10)12-7-11-3-2-5-16-15(11)18-8-12/h2-9H,1H3. The molecule has 0 aromatic carbocycles. The Balaban J connectivity index is 1.96. The van der Waals surface area contributed by atoms with Crippen LogP contribution in [0.15, 0.2) is 49.1 Å². The minimum Gasteiger partial charge on any atom is -0.238 e. The van der Waals surface area contributed by atoms with Crippen molar-refractivity contribution in [3.05, 3.63) is 54.9 Å². The Morgan fingerprint density at radius 2 is 2.00 bits per heavy atom. The van der Waals surface area contributed by atoms with Gasteiger partial charge in [0, 0.05) is 35.1 Å². The van der Waals surface area contributed by atoms with Gasteiger partial charge in [-0.3, -0.25) is 0 Å². The maximum atomic E-state index is 4.40. The van der Waals surface area contributed by atoms with Crippen molar-refractivity contribution in [1.82, 2.24) is 24.6 Å². The van der Waals surface area contributed by atoms with E-state index in [-0.39, 0.29) is 0 Å². The fraction of sp³-hybridized carbons (Fsp3) is 0.0667. The number of hydrogen-bond donors (Lipinski definition) is 0. The van der Waals surface area contributed by atoms with Crippen molar-refractivity contribution in [2.24, 2.45) is 0 Å². The van der Waals surface area contributed by atoms with Gasteiger partial charge in [0.05, 0.1) is 11.7 Å². The van der Waals surface area contributed by atoms with Crippen LogP contribution in [-0.2, 0) is 0 Å². The van der Waals surface area contributed by atoms with Gasteiger partial charge in [0.15, 0.2) is 5.65 Å². The van der Waals surface area contributed by atoms with E-state index in [1.54, 1.807) is 6.20 Å². The highest BCUT2D eigenvalue weighted by atomic mass is 15.2. The molecule has 0 bridgehead atoms. The Morgan fingerprint density at radius 3 is 2.95 bits per heavy atom. The van der Waals surface area contributed by atoms with Crippen LogP contribution in [0.1, 0.15) is 5.82 Å². The van der Waals surface area contributed by atoms with Crippen molar-refractivity contribution in [3.8, 4) is 11.1 Å². The molecule has 4 aromatic heterocycles.